The molecule has 0 bridgehead atoms. The molecule has 10 heteroatoms. The summed E-state index contributed by atoms with van der Waals surface area (Å²) in [6.07, 6.45) is -5.71. The molecule has 18 heavy (non-hydrogen) atoms. The summed E-state index contributed by atoms with van der Waals surface area (Å²) in [6.45, 7) is -0.218. The fraction of sp³-hybridized carbons (Fsp3) is 0.750. The topological polar surface area (TPSA) is 39.9 Å². The molecule has 104 valence electrons. The van der Waals surface area contributed by atoms with Crippen molar-refractivity contribution in [3.05, 3.63) is 11.6 Å². The second kappa shape index (κ2) is 5.47. The van der Waals surface area contributed by atoms with E-state index < -0.39 is 17.9 Å². The van der Waals surface area contributed by atoms with Crippen LogP contribution in [0.5, 0.6) is 0 Å². The van der Waals surface area contributed by atoms with E-state index in [0.29, 0.717) is 4.57 Å². The van der Waals surface area contributed by atoms with E-state index >= 15 is 0 Å². The van der Waals surface area contributed by atoms with Gasteiger partial charge in [-0.1, -0.05) is 15.9 Å². The lowest BCUT2D eigenvalue weighted by Crippen LogP contribution is -2.37. The average Bonchev–Trinajstić information content (AvgIpc) is 2.67. The highest BCUT2D eigenvalue weighted by atomic mass is 79.9. The molecule has 0 spiro atoms. The van der Waals surface area contributed by atoms with Crippen molar-refractivity contribution in [1.29, 1.82) is 0 Å². The van der Waals surface area contributed by atoms with Gasteiger partial charge >= 0.3 is 12.1 Å². The summed E-state index contributed by atoms with van der Waals surface area (Å²) in [5.74, 6) is -6.50. The van der Waals surface area contributed by atoms with E-state index in [1.165, 1.54) is 7.11 Å². The summed E-state index contributed by atoms with van der Waals surface area (Å²) >= 11 is 2.94. The second-order valence-electron chi connectivity index (χ2n) is 3.29. The van der Waals surface area contributed by atoms with Crippen LogP contribution in [-0.2, 0) is 22.5 Å². The number of nitrogens with zero attached hydrogens (tertiary/aromatic N) is 3. The Morgan fingerprint density at radius 1 is 1.22 bits per heavy atom. The van der Waals surface area contributed by atoms with Gasteiger partial charge in [-0.2, -0.15) is 22.0 Å². The van der Waals surface area contributed by atoms with E-state index in [1.54, 1.807) is 0 Å². The van der Waals surface area contributed by atoms with Crippen molar-refractivity contribution in [3.8, 4) is 0 Å². The lowest BCUT2D eigenvalue weighted by molar-refractivity contribution is -0.293. The fourth-order valence-corrected chi connectivity index (χ4v) is 1.63. The minimum atomic E-state index is -5.71. The van der Waals surface area contributed by atoms with Gasteiger partial charge in [-0.25, -0.2) is 0 Å². The summed E-state index contributed by atoms with van der Waals surface area (Å²) < 4.78 is 68.5. The third kappa shape index (κ3) is 2.79. The second-order valence-corrected chi connectivity index (χ2v) is 3.85. The predicted octanol–water partition coefficient (Wildman–Crippen LogP) is 2.47. The Bertz CT molecular complexity index is 406. The average molecular weight is 338 g/mol. The smallest absolute Gasteiger partial charge is 0.383 e. The van der Waals surface area contributed by atoms with Gasteiger partial charge in [0.1, 0.15) is 5.82 Å². The lowest BCUT2D eigenvalue weighted by atomic mass is 10.3. The SMILES string of the molecule is COCCn1c(CBr)nnc1C(F)(F)C(F)(F)F. The maximum atomic E-state index is 13.2. The molecule has 0 aliphatic carbocycles. The summed E-state index contributed by atoms with van der Waals surface area (Å²) in [5, 5.41) is 6.24. The van der Waals surface area contributed by atoms with E-state index in [4.69, 9.17) is 0 Å². The monoisotopic (exact) mass is 337 g/mol. The van der Waals surface area contributed by atoms with Crippen molar-refractivity contribution in [2.45, 2.75) is 24.0 Å². The van der Waals surface area contributed by atoms with Gasteiger partial charge in [0.2, 0.25) is 5.82 Å². The molecule has 0 saturated heterocycles. The first-order valence-electron chi connectivity index (χ1n) is 4.67. The van der Waals surface area contributed by atoms with E-state index in [9.17, 15) is 22.0 Å². The minimum Gasteiger partial charge on any atom is -0.383 e. The Kier molecular flexibility index (Phi) is 4.65. The summed E-state index contributed by atoms with van der Waals surface area (Å²) in [5.41, 5.74) is 0. The molecule has 0 saturated carbocycles. The van der Waals surface area contributed by atoms with Gasteiger partial charge in [-0.3, -0.25) is 0 Å². The van der Waals surface area contributed by atoms with Crippen molar-refractivity contribution in [1.82, 2.24) is 14.8 Å². The van der Waals surface area contributed by atoms with Gasteiger partial charge in [0, 0.05) is 13.7 Å². The Morgan fingerprint density at radius 3 is 2.28 bits per heavy atom. The predicted molar refractivity (Wildman–Crippen MR) is 54.5 cm³/mol. The van der Waals surface area contributed by atoms with Crippen LogP contribution in [0, 0.1) is 0 Å². The summed E-state index contributed by atoms with van der Waals surface area (Å²) in [6, 6.07) is 0. The molecule has 0 fully saturated rings. The molecule has 0 aromatic carbocycles. The number of hydrogen-bond acceptors (Lipinski definition) is 3. The van der Waals surface area contributed by atoms with Gasteiger partial charge in [-0.05, 0) is 0 Å². The van der Waals surface area contributed by atoms with Crippen molar-refractivity contribution in [2.24, 2.45) is 0 Å². The van der Waals surface area contributed by atoms with Crippen molar-refractivity contribution < 1.29 is 26.7 Å². The van der Waals surface area contributed by atoms with Crippen LogP contribution in [0.4, 0.5) is 22.0 Å². The summed E-state index contributed by atoms with van der Waals surface area (Å²) in [4.78, 5) is 0. The number of alkyl halides is 6. The number of ether oxygens (including phenoxy) is 1. The zero-order valence-corrected chi connectivity index (χ0v) is 10.7. The Hall–Kier alpha value is -0.770. The fourth-order valence-electron chi connectivity index (χ4n) is 1.21. The highest BCUT2D eigenvalue weighted by Crippen LogP contribution is 2.43. The zero-order valence-electron chi connectivity index (χ0n) is 9.14. The van der Waals surface area contributed by atoms with E-state index in [0.717, 1.165) is 0 Å². The molecule has 0 amide bonds. The van der Waals surface area contributed by atoms with Gasteiger partial charge in [0.15, 0.2) is 0 Å². The highest BCUT2D eigenvalue weighted by molar-refractivity contribution is 9.08. The molecule has 1 heterocycles. The molecular weight excluding hydrogens is 329 g/mol. The van der Waals surface area contributed by atoms with Crippen molar-refractivity contribution in [2.75, 3.05) is 13.7 Å². The Morgan fingerprint density at radius 2 is 1.83 bits per heavy atom. The molecule has 1 aromatic rings. The van der Waals surface area contributed by atoms with Gasteiger partial charge < -0.3 is 9.30 Å². The largest absolute Gasteiger partial charge is 0.461 e. The molecule has 0 aliphatic rings. The molecule has 0 N–H and O–H groups in total. The Labute approximate surface area is 107 Å². The first-order chi connectivity index (χ1) is 8.25. The maximum Gasteiger partial charge on any atom is 0.461 e. The minimum absolute atomic E-state index is 0.0116. The first-order valence-corrected chi connectivity index (χ1v) is 5.79. The number of methoxy groups -OCH3 is 1. The van der Waals surface area contributed by atoms with Crippen LogP contribution in [0.2, 0.25) is 0 Å². The van der Waals surface area contributed by atoms with Crippen LogP contribution in [0.3, 0.4) is 0 Å². The van der Waals surface area contributed by atoms with Gasteiger partial charge in [-0.15, -0.1) is 10.2 Å². The number of rotatable bonds is 5. The summed E-state index contributed by atoms with van der Waals surface area (Å²) in [7, 11) is 1.31. The van der Waals surface area contributed by atoms with Gasteiger partial charge in [0.25, 0.3) is 0 Å². The number of halogens is 6. The van der Waals surface area contributed by atoms with Crippen LogP contribution in [0.15, 0.2) is 0 Å². The van der Waals surface area contributed by atoms with Crippen molar-refractivity contribution >= 4 is 15.9 Å². The van der Waals surface area contributed by atoms with E-state index in [1.807, 2.05) is 0 Å². The van der Waals surface area contributed by atoms with Crippen LogP contribution >= 0.6 is 15.9 Å². The third-order valence-corrected chi connectivity index (χ3v) is 2.60. The zero-order chi connectivity index (χ0) is 14.0. The number of hydrogen-bond donors (Lipinski definition) is 0. The molecule has 1 rings (SSSR count). The third-order valence-electron chi connectivity index (χ3n) is 2.10. The van der Waals surface area contributed by atoms with Crippen LogP contribution < -0.4 is 0 Å². The van der Waals surface area contributed by atoms with E-state index in [-0.39, 0.29) is 24.3 Å². The van der Waals surface area contributed by atoms with Crippen LogP contribution in [-0.4, -0.2) is 34.7 Å². The lowest BCUT2D eigenvalue weighted by Gasteiger charge is -2.19. The molecule has 0 atom stereocenters. The maximum absolute atomic E-state index is 13.2. The van der Waals surface area contributed by atoms with Crippen LogP contribution in [0.25, 0.3) is 0 Å². The highest BCUT2D eigenvalue weighted by Gasteiger charge is 2.62. The van der Waals surface area contributed by atoms with Crippen molar-refractivity contribution in [3.63, 3.8) is 0 Å². The molecule has 4 nitrogen and oxygen atoms in total. The quantitative estimate of drug-likeness (QED) is 0.612. The molecule has 0 unspecified atom stereocenters. The molecule has 1 aromatic heterocycles. The molecular formula is C8H9BrF5N3O. The normalized spacial score (nSPS) is 13.1. The first kappa shape index (κ1) is 15.3. The van der Waals surface area contributed by atoms with E-state index in [2.05, 4.69) is 30.9 Å². The molecule has 0 aliphatic heterocycles. The Balaban J connectivity index is 3.20. The molecule has 0 radical (unpaired) electrons. The standard InChI is InChI=1S/C8H9BrF5N3O/c1-18-3-2-17-5(4-9)15-16-6(17)7(10,11)8(12,13)14/h2-4H2,1H3. The van der Waals surface area contributed by atoms with Crippen LogP contribution in [0.1, 0.15) is 11.6 Å². The van der Waals surface area contributed by atoms with Gasteiger partial charge in [0.05, 0.1) is 11.9 Å². The number of aromatic nitrogens is 3.